The highest BCUT2D eigenvalue weighted by atomic mass is 16.2. The van der Waals surface area contributed by atoms with Crippen molar-refractivity contribution in [3.8, 4) is 0 Å². The molecule has 3 aromatic rings. The van der Waals surface area contributed by atoms with Gasteiger partial charge in [-0.05, 0) is 60.7 Å². The summed E-state index contributed by atoms with van der Waals surface area (Å²) >= 11 is 0. The third kappa shape index (κ3) is 4.92. The van der Waals surface area contributed by atoms with E-state index in [1.165, 1.54) is 5.56 Å². The van der Waals surface area contributed by atoms with Crippen LogP contribution in [0.15, 0.2) is 73.1 Å². The number of carbonyl (C=O) groups is 1. The van der Waals surface area contributed by atoms with Gasteiger partial charge in [-0.15, -0.1) is 0 Å². The summed E-state index contributed by atoms with van der Waals surface area (Å²) in [6.07, 6.45) is 9.23. The lowest BCUT2D eigenvalue weighted by Crippen LogP contribution is -2.38. The maximum absolute atomic E-state index is 12.7. The summed E-state index contributed by atoms with van der Waals surface area (Å²) < 4.78 is 0. The van der Waals surface area contributed by atoms with Gasteiger partial charge < -0.3 is 10.2 Å². The van der Waals surface area contributed by atoms with Gasteiger partial charge in [0.1, 0.15) is 11.6 Å². The molecule has 1 aliphatic rings. The molecule has 1 amide bonds. The minimum atomic E-state index is 0.0695. The van der Waals surface area contributed by atoms with Gasteiger partial charge in [0.2, 0.25) is 5.91 Å². The predicted molar refractivity (Wildman–Crippen MR) is 121 cm³/mol. The fourth-order valence-electron chi connectivity index (χ4n) is 3.79. The molecular formula is C25H26N4O. The highest BCUT2D eigenvalue weighted by molar-refractivity contribution is 5.91. The Morgan fingerprint density at radius 3 is 2.80 bits per heavy atom. The summed E-state index contributed by atoms with van der Waals surface area (Å²) in [6, 6.07) is 18.0. The molecule has 2 aromatic heterocycles. The predicted octanol–water partition coefficient (Wildman–Crippen LogP) is 4.95. The SMILES string of the molecule is Cc1cccnc1Nc1cc(C2CCCN(C(=O)/C=C/c3ccccc3)C2)ccn1. The fraction of sp³-hybridized carbons (Fsp3) is 0.240. The molecule has 1 aromatic carbocycles. The van der Waals surface area contributed by atoms with E-state index in [9.17, 15) is 4.79 Å². The lowest BCUT2D eigenvalue weighted by Gasteiger charge is -2.32. The molecule has 0 spiro atoms. The smallest absolute Gasteiger partial charge is 0.246 e. The Hall–Kier alpha value is -3.47. The number of nitrogens with zero attached hydrogens (tertiary/aromatic N) is 3. The first-order valence-electron chi connectivity index (χ1n) is 10.4. The number of aromatic nitrogens is 2. The van der Waals surface area contributed by atoms with Crippen molar-refractivity contribution in [3.63, 3.8) is 0 Å². The van der Waals surface area contributed by atoms with Crippen LogP contribution in [0.2, 0.25) is 0 Å². The van der Waals surface area contributed by atoms with Crippen LogP contribution in [0.25, 0.3) is 6.08 Å². The van der Waals surface area contributed by atoms with Gasteiger partial charge in [0, 0.05) is 37.5 Å². The lowest BCUT2D eigenvalue weighted by atomic mass is 9.91. The molecule has 4 rings (SSSR count). The van der Waals surface area contributed by atoms with Crippen LogP contribution in [-0.2, 0) is 4.79 Å². The highest BCUT2D eigenvalue weighted by Gasteiger charge is 2.24. The third-order valence-electron chi connectivity index (χ3n) is 5.46. The molecule has 0 radical (unpaired) electrons. The molecule has 152 valence electrons. The first-order chi connectivity index (χ1) is 14.7. The fourth-order valence-corrected chi connectivity index (χ4v) is 3.79. The van der Waals surface area contributed by atoms with Crippen molar-refractivity contribution >= 4 is 23.6 Å². The Labute approximate surface area is 177 Å². The van der Waals surface area contributed by atoms with E-state index in [1.54, 1.807) is 12.3 Å². The molecule has 5 nitrogen and oxygen atoms in total. The lowest BCUT2D eigenvalue weighted by molar-refractivity contribution is -0.127. The van der Waals surface area contributed by atoms with Crippen LogP contribution in [0.5, 0.6) is 0 Å². The van der Waals surface area contributed by atoms with E-state index >= 15 is 0 Å². The van der Waals surface area contributed by atoms with Crippen molar-refractivity contribution < 1.29 is 4.79 Å². The number of nitrogens with one attached hydrogen (secondary N) is 1. The summed E-state index contributed by atoms with van der Waals surface area (Å²) in [7, 11) is 0. The van der Waals surface area contributed by atoms with Crippen molar-refractivity contribution in [2.45, 2.75) is 25.7 Å². The summed E-state index contributed by atoms with van der Waals surface area (Å²) in [5.74, 6) is 1.97. The zero-order chi connectivity index (χ0) is 20.8. The quantitative estimate of drug-likeness (QED) is 0.618. The minimum Gasteiger partial charge on any atom is -0.339 e. The Morgan fingerprint density at radius 1 is 1.10 bits per heavy atom. The molecule has 0 aliphatic carbocycles. The van der Waals surface area contributed by atoms with E-state index in [4.69, 9.17) is 0 Å². The summed E-state index contributed by atoms with van der Waals surface area (Å²) in [5, 5.41) is 3.31. The standard InChI is InChI=1S/C25H26N4O/c1-19-7-5-14-27-25(19)28-23-17-21(13-15-26-23)22-10-6-16-29(18-22)24(30)12-11-20-8-3-2-4-9-20/h2-5,7-9,11-15,17,22H,6,10,16,18H2,1H3,(H,26,27,28)/b12-11+. The van der Waals surface area contributed by atoms with Gasteiger partial charge in [0.25, 0.3) is 0 Å². The summed E-state index contributed by atoms with van der Waals surface area (Å²) in [4.78, 5) is 23.5. The first kappa shape index (κ1) is 19.8. The molecule has 1 atom stereocenters. The van der Waals surface area contributed by atoms with Gasteiger partial charge in [0.15, 0.2) is 0 Å². The number of likely N-dealkylation sites (tertiary alicyclic amines) is 1. The number of hydrogen-bond donors (Lipinski definition) is 1. The van der Waals surface area contributed by atoms with E-state index in [0.29, 0.717) is 5.92 Å². The zero-order valence-electron chi connectivity index (χ0n) is 17.2. The van der Waals surface area contributed by atoms with E-state index < -0.39 is 0 Å². The van der Waals surface area contributed by atoms with Crippen LogP contribution in [0, 0.1) is 6.92 Å². The highest BCUT2D eigenvalue weighted by Crippen LogP contribution is 2.29. The minimum absolute atomic E-state index is 0.0695. The van der Waals surface area contributed by atoms with Crippen LogP contribution in [-0.4, -0.2) is 33.9 Å². The number of pyridine rings is 2. The van der Waals surface area contributed by atoms with E-state index in [0.717, 1.165) is 48.7 Å². The van der Waals surface area contributed by atoms with Crippen molar-refractivity contribution in [3.05, 3.63) is 89.8 Å². The Morgan fingerprint density at radius 2 is 1.97 bits per heavy atom. The van der Waals surface area contributed by atoms with Gasteiger partial charge in [-0.3, -0.25) is 4.79 Å². The number of aryl methyl sites for hydroxylation is 1. The monoisotopic (exact) mass is 398 g/mol. The van der Waals surface area contributed by atoms with Gasteiger partial charge >= 0.3 is 0 Å². The zero-order valence-corrected chi connectivity index (χ0v) is 17.2. The number of rotatable bonds is 5. The molecule has 1 unspecified atom stereocenters. The molecule has 1 saturated heterocycles. The number of hydrogen-bond acceptors (Lipinski definition) is 4. The number of carbonyl (C=O) groups excluding carboxylic acids is 1. The maximum Gasteiger partial charge on any atom is 0.246 e. The summed E-state index contributed by atoms with van der Waals surface area (Å²) in [5.41, 5.74) is 3.31. The topological polar surface area (TPSA) is 58.1 Å². The average molecular weight is 399 g/mol. The molecule has 0 bridgehead atoms. The van der Waals surface area contributed by atoms with E-state index in [2.05, 4.69) is 27.4 Å². The number of amides is 1. The van der Waals surface area contributed by atoms with Crippen LogP contribution < -0.4 is 5.32 Å². The van der Waals surface area contributed by atoms with Gasteiger partial charge in [0.05, 0.1) is 0 Å². The van der Waals surface area contributed by atoms with E-state index in [-0.39, 0.29) is 5.91 Å². The van der Waals surface area contributed by atoms with Crippen LogP contribution >= 0.6 is 0 Å². The van der Waals surface area contributed by atoms with Gasteiger partial charge in [-0.2, -0.15) is 0 Å². The second-order valence-corrected chi connectivity index (χ2v) is 7.64. The molecule has 3 heterocycles. The first-order valence-corrected chi connectivity index (χ1v) is 10.4. The van der Waals surface area contributed by atoms with Crippen LogP contribution in [0.1, 0.15) is 35.4 Å². The van der Waals surface area contributed by atoms with E-state index in [1.807, 2.05) is 66.6 Å². The average Bonchev–Trinajstić information content (AvgIpc) is 2.80. The molecule has 1 aliphatic heterocycles. The molecular weight excluding hydrogens is 372 g/mol. The largest absolute Gasteiger partial charge is 0.339 e. The molecule has 1 fully saturated rings. The Balaban J connectivity index is 1.43. The van der Waals surface area contributed by atoms with Crippen LogP contribution in [0.4, 0.5) is 11.6 Å². The Kier molecular flexibility index (Phi) is 6.18. The number of anilines is 2. The second kappa shape index (κ2) is 9.35. The maximum atomic E-state index is 12.7. The summed E-state index contributed by atoms with van der Waals surface area (Å²) in [6.45, 7) is 3.55. The second-order valence-electron chi connectivity index (χ2n) is 7.64. The molecule has 30 heavy (non-hydrogen) atoms. The van der Waals surface area contributed by atoms with Crippen molar-refractivity contribution in [2.75, 3.05) is 18.4 Å². The number of piperidine rings is 1. The molecule has 0 saturated carbocycles. The van der Waals surface area contributed by atoms with Crippen molar-refractivity contribution in [2.24, 2.45) is 0 Å². The van der Waals surface area contributed by atoms with Crippen molar-refractivity contribution in [1.82, 2.24) is 14.9 Å². The Bertz CT molecular complexity index is 1030. The van der Waals surface area contributed by atoms with Crippen LogP contribution in [0.3, 0.4) is 0 Å². The molecule has 5 heteroatoms. The van der Waals surface area contributed by atoms with Gasteiger partial charge in [-0.1, -0.05) is 36.4 Å². The van der Waals surface area contributed by atoms with Gasteiger partial charge in [-0.25, -0.2) is 9.97 Å². The molecule has 1 N–H and O–H groups in total. The normalized spacial score (nSPS) is 16.6. The van der Waals surface area contributed by atoms with Crippen molar-refractivity contribution in [1.29, 1.82) is 0 Å². The number of benzene rings is 1. The third-order valence-corrected chi connectivity index (χ3v) is 5.46.